The molecule has 0 radical (unpaired) electrons. The average Bonchev–Trinajstić information content (AvgIpc) is 2.95. The third-order valence-corrected chi connectivity index (χ3v) is 9.01. The van der Waals surface area contributed by atoms with E-state index in [-0.39, 0.29) is 23.8 Å². The summed E-state index contributed by atoms with van der Waals surface area (Å²) in [6.07, 6.45) is -8.29. The molecule has 0 aromatic heterocycles. The van der Waals surface area contributed by atoms with Crippen molar-refractivity contribution in [3.05, 3.63) is 64.7 Å². The number of hydrogen-bond acceptors (Lipinski definition) is 11. The van der Waals surface area contributed by atoms with Crippen LogP contribution in [0, 0.1) is 0 Å². The van der Waals surface area contributed by atoms with Crippen LogP contribution in [0.3, 0.4) is 0 Å². The Morgan fingerprint density at radius 2 is 1.33 bits per heavy atom. The first-order valence-corrected chi connectivity index (χ1v) is 15.8. The summed E-state index contributed by atoms with van der Waals surface area (Å²) in [6.45, 7) is 13.6. The number of nitrogens with zero attached hydrogens (tertiary/aromatic N) is 1. The minimum absolute atomic E-state index is 0.197. The molecule has 11 N–H and O–H groups in total. The lowest BCUT2D eigenvalue weighted by atomic mass is 9.78. The lowest BCUT2D eigenvalue weighted by molar-refractivity contribution is -0.291. The highest BCUT2D eigenvalue weighted by molar-refractivity contribution is 5.50. The second-order valence-electron chi connectivity index (χ2n) is 14.9. The summed E-state index contributed by atoms with van der Waals surface area (Å²) in [4.78, 5) is 2.11. The molecule has 4 rings (SSSR count). The molecule has 0 unspecified atom stereocenters. The Bertz CT molecular complexity index is 1230. The number of ether oxygens (including phenoxy) is 2. The highest BCUT2D eigenvalue weighted by Gasteiger charge is 2.48. The van der Waals surface area contributed by atoms with Gasteiger partial charge >= 0.3 is 0 Å². The fraction of sp³-hybridized carbons (Fsp3) is 0.647. The van der Waals surface area contributed by atoms with E-state index >= 15 is 0 Å². The van der Waals surface area contributed by atoms with E-state index in [1.165, 1.54) is 0 Å². The SMILES string of the molecule is CC(C)(C)c1cc(CN(Cc2ccccc2)C[C@H]2O[C@H](O[C@H]3[C@H](O)[C@@H](O)[C@H](N)C[C@@H]3N)[C@H](N)[C@@H](O)[C@@H]2O)cc(C(C)(C)C)c1O. The molecule has 10 atom stereocenters. The van der Waals surface area contributed by atoms with Crippen molar-refractivity contribution in [3.8, 4) is 5.75 Å². The Morgan fingerprint density at radius 3 is 1.89 bits per heavy atom. The van der Waals surface area contributed by atoms with E-state index in [1.54, 1.807) is 0 Å². The summed E-state index contributed by atoms with van der Waals surface area (Å²) in [7, 11) is 0. The third kappa shape index (κ3) is 8.23. The van der Waals surface area contributed by atoms with Gasteiger partial charge in [-0.15, -0.1) is 0 Å². The lowest BCUT2D eigenvalue weighted by Gasteiger charge is -2.46. The monoisotopic (exact) mass is 630 g/mol. The summed E-state index contributed by atoms with van der Waals surface area (Å²) < 4.78 is 12.2. The van der Waals surface area contributed by atoms with Crippen LogP contribution in [0.25, 0.3) is 0 Å². The molecule has 0 amide bonds. The molecule has 252 valence electrons. The van der Waals surface area contributed by atoms with Crippen LogP contribution >= 0.6 is 0 Å². The van der Waals surface area contributed by atoms with Gasteiger partial charge in [-0.2, -0.15) is 0 Å². The third-order valence-electron chi connectivity index (χ3n) is 9.01. The van der Waals surface area contributed by atoms with Crippen molar-refractivity contribution >= 4 is 0 Å². The molecule has 2 aromatic rings. The number of phenolic OH excluding ortho intramolecular Hbond substituents is 1. The predicted molar refractivity (Wildman–Crippen MR) is 172 cm³/mol. The number of rotatable bonds is 8. The first-order valence-electron chi connectivity index (χ1n) is 15.8. The predicted octanol–water partition coefficient (Wildman–Crippen LogP) is 0.929. The van der Waals surface area contributed by atoms with Gasteiger partial charge in [-0.1, -0.05) is 84.0 Å². The molecule has 1 heterocycles. The van der Waals surface area contributed by atoms with Crippen molar-refractivity contribution in [3.63, 3.8) is 0 Å². The van der Waals surface area contributed by atoms with Gasteiger partial charge in [0.05, 0.1) is 12.1 Å². The van der Waals surface area contributed by atoms with Crippen LogP contribution in [0.4, 0.5) is 0 Å². The fourth-order valence-electron chi connectivity index (χ4n) is 6.32. The van der Waals surface area contributed by atoms with E-state index in [0.717, 1.165) is 22.3 Å². The molecule has 0 bridgehead atoms. The molecule has 1 aliphatic heterocycles. The maximum atomic E-state index is 11.3. The zero-order valence-electron chi connectivity index (χ0n) is 27.4. The van der Waals surface area contributed by atoms with Crippen LogP contribution in [0.15, 0.2) is 42.5 Å². The van der Waals surface area contributed by atoms with Crippen molar-refractivity contribution in [2.24, 2.45) is 17.2 Å². The maximum Gasteiger partial charge on any atom is 0.176 e. The molecule has 1 saturated heterocycles. The Balaban J connectivity index is 1.63. The average molecular weight is 631 g/mol. The Kier molecular flexibility index (Phi) is 11.0. The van der Waals surface area contributed by atoms with Gasteiger partial charge in [0.2, 0.25) is 0 Å². The zero-order valence-corrected chi connectivity index (χ0v) is 27.4. The van der Waals surface area contributed by atoms with Crippen LogP contribution in [0.5, 0.6) is 5.75 Å². The van der Waals surface area contributed by atoms with Gasteiger partial charge in [-0.25, -0.2) is 0 Å². The summed E-state index contributed by atoms with van der Waals surface area (Å²) in [5, 5.41) is 54.4. The molecule has 2 aliphatic rings. The van der Waals surface area contributed by atoms with Gasteiger partial charge in [0, 0.05) is 31.7 Å². The summed E-state index contributed by atoms with van der Waals surface area (Å²) in [5.41, 5.74) is 21.5. The Labute approximate surface area is 266 Å². The van der Waals surface area contributed by atoms with E-state index in [1.807, 2.05) is 42.5 Å². The van der Waals surface area contributed by atoms with Crippen molar-refractivity contribution < 1.29 is 35.0 Å². The molecular weight excluding hydrogens is 576 g/mol. The van der Waals surface area contributed by atoms with E-state index in [0.29, 0.717) is 18.8 Å². The van der Waals surface area contributed by atoms with Crippen LogP contribution in [0.2, 0.25) is 0 Å². The van der Waals surface area contributed by atoms with Gasteiger partial charge in [-0.05, 0) is 39.5 Å². The van der Waals surface area contributed by atoms with Gasteiger partial charge in [0.25, 0.3) is 0 Å². The van der Waals surface area contributed by atoms with Crippen LogP contribution in [0.1, 0.15) is 70.2 Å². The molecule has 1 aliphatic carbocycles. The number of nitrogens with two attached hydrogens (primary N) is 3. The van der Waals surface area contributed by atoms with E-state index in [9.17, 15) is 25.5 Å². The van der Waals surface area contributed by atoms with E-state index in [2.05, 4.69) is 46.4 Å². The van der Waals surface area contributed by atoms with Crippen LogP contribution in [-0.2, 0) is 33.4 Å². The topological polar surface area (TPSA) is 201 Å². The standard InChI is InChI=1S/C34H54N4O7/c1-33(2,3)20-12-19(13-21(26(20)39)34(4,5)6)16-38(15-18-10-8-7-9-11-18)17-24-28(41)29(42)25(37)32(44-24)45-31-23(36)14-22(35)27(40)30(31)43/h7-13,22-25,27-32,39-43H,14-17,35-37H2,1-6H3/t22-,23+,24-,25-,27+,28-,29-,30-,31-,32-/m1/s1. The fourth-order valence-corrected chi connectivity index (χ4v) is 6.32. The first kappa shape index (κ1) is 35.7. The van der Waals surface area contributed by atoms with E-state index < -0.39 is 61.0 Å². The van der Waals surface area contributed by atoms with Crippen molar-refractivity contribution in [2.45, 2.75) is 133 Å². The number of benzene rings is 2. The smallest absolute Gasteiger partial charge is 0.176 e. The molecular formula is C34H54N4O7. The normalized spacial score (nSPS) is 33.0. The molecule has 11 nitrogen and oxygen atoms in total. The summed E-state index contributed by atoms with van der Waals surface area (Å²) >= 11 is 0. The molecule has 2 aromatic carbocycles. The summed E-state index contributed by atoms with van der Waals surface area (Å²) in [6, 6.07) is 11.4. The van der Waals surface area contributed by atoms with Crippen molar-refractivity contribution in [1.29, 1.82) is 0 Å². The second kappa shape index (κ2) is 13.9. The van der Waals surface area contributed by atoms with Gasteiger partial charge in [0.15, 0.2) is 6.29 Å². The Morgan fingerprint density at radius 1 is 0.778 bits per heavy atom. The highest BCUT2D eigenvalue weighted by Crippen LogP contribution is 2.40. The highest BCUT2D eigenvalue weighted by atomic mass is 16.7. The lowest BCUT2D eigenvalue weighted by Crippen LogP contribution is -2.67. The molecule has 0 spiro atoms. The number of aliphatic hydroxyl groups is 4. The molecule has 45 heavy (non-hydrogen) atoms. The van der Waals surface area contributed by atoms with Crippen LogP contribution in [-0.4, -0.2) is 98.0 Å². The molecule has 2 fully saturated rings. The minimum Gasteiger partial charge on any atom is -0.507 e. The number of phenols is 1. The quantitative estimate of drug-likeness (QED) is 0.206. The minimum atomic E-state index is -1.38. The molecule has 11 heteroatoms. The van der Waals surface area contributed by atoms with Crippen LogP contribution < -0.4 is 17.2 Å². The number of aromatic hydroxyl groups is 1. The Hall–Kier alpha value is -2.16. The number of hydrogen-bond donors (Lipinski definition) is 8. The van der Waals surface area contributed by atoms with E-state index in [4.69, 9.17) is 26.7 Å². The van der Waals surface area contributed by atoms with Gasteiger partial charge in [-0.3, -0.25) is 4.90 Å². The maximum absolute atomic E-state index is 11.3. The molecule has 1 saturated carbocycles. The largest absolute Gasteiger partial charge is 0.507 e. The van der Waals surface area contributed by atoms with Gasteiger partial charge < -0.3 is 52.2 Å². The zero-order chi connectivity index (χ0) is 33.4. The van der Waals surface area contributed by atoms with Gasteiger partial charge in [0.1, 0.15) is 36.3 Å². The van der Waals surface area contributed by atoms with Crippen molar-refractivity contribution in [1.82, 2.24) is 4.90 Å². The summed E-state index contributed by atoms with van der Waals surface area (Å²) in [5.74, 6) is 0.297. The number of aliphatic hydroxyl groups excluding tert-OH is 4. The van der Waals surface area contributed by atoms with Crippen molar-refractivity contribution in [2.75, 3.05) is 6.54 Å². The second-order valence-corrected chi connectivity index (χ2v) is 14.9. The first-order chi connectivity index (χ1) is 20.9.